The summed E-state index contributed by atoms with van der Waals surface area (Å²) in [5.74, 6) is 0. The first-order chi connectivity index (χ1) is 15.9. The minimum Gasteiger partial charge on any atom is -0.340 e. The van der Waals surface area contributed by atoms with E-state index in [2.05, 4.69) is 148 Å². The normalized spacial score (nSPS) is 11.6. The Kier molecular flexibility index (Phi) is 8.08. The summed E-state index contributed by atoms with van der Waals surface area (Å²) in [6.07, 6.45) is 2.18. The van der Waals surface area contributed by atoms with Gasteiger partial charge in [0.15, 0.2) is 0 Å². The first-order valence-corrected chi connectivity index (χ1v) is 14.1. The van der Waals surface area contributed by atoms with Crippen LogP contribution < -0.4 is 0 Å². The first-order valence-electron chi connectivity index (χ1n) is 10.9. The maximum atomic E-state index is 3.57. The van der Waals surface area contributed by atoms with Gasteiger partial charge < -0.3 is 4.57 Å². The van der Waals surface area contributed by atoms with Crippen molar-refractivity contribution in [2.45, 2.75) is 33.7 Å². The summed E-state index contributed by atoms with van der Waals surface area (Å²) in [6, 6.07) is 26.1. The molecule has 5 aromatic rings. The van der Waals surface area contributed by atoms with Gasteiger partial charge >= 0.3 is 0 Å². The maximum absolute atomic E-state index is 3.57. The van der Waals surface area contributed by atoms with Gasteiger partial charge in [0.05, 0.1) is 11.0 Å². The van der Waals surface area contributed by atoms with Crippen LogP contribution in [0.4, 0.5) is 0 Å². The van der Waals surface area contributed by atoms with Crippen LogP contribution in [0.25, 0.3) is 32.9 Å². The third-order valence-electron chi connectivity index (χ3n) is 6.04. The smallest absolute Gasteiger partial charge is 0.0502 e. The summed E-state index contributed by atoms with van der Waals surface area (Å²) >= 11 is 14.2. The molecule has 0 aliphatic heterocycles. The van der Waals surface area contributed by atoms with Crippen LogP contribution in [0, 0.1) is 0 Å². The summed E-state index contributed by atoms with van der Waals surface area (Å²) in [6.45, 7) is 3.26. The molecule has 0 saturated heterocycles. The molecule has 34 heavy (non-hydrogen) atoms. The van der Waals surface area contributed by atoms with Gasteiger partial charge in [-0.1, -0.05) is 102 Å². The van der Waals surface area contributed by atoms with Gasteiger partial charge in [-0.15, -0.1) is 0 Å². The zero-order valence-corrected chi connectivity index (χ0v) is 24.4. The van der Waals surface area contributed by atoms with Gasteiger partial charge in [-0.3, -0.25) is 0 Å². The second-order valence-electron chi connectivity index (χ2n) is 8.25. The fourth-order valence-corrected chi connectivity index (χ4v) is 6.17. The number of aromatic nitrogens is 1. The second-order valence-corrected chi connectivity index (χ2v) is 11.9. The molecular weight excluding hydrogens is 682 g/mol. The highest BCUT2D eigenvalue weighted by molar-refractivity contribution is 9.11. The quantitative estimate of drug-likeness (QED) is 0.169. The van der Waals surface area contributed by atoms with E-state index in [1.807, 2.05) is 0 Å². The molecule has 0 spiro atoms. The molecule has 174 valence electrons. The number of halogens is 4. The maximum Gasteiger partial charge on any atom is 0.0502 e. The Morgan fingerprint density at radius 2 is 1.03 bits per heavy atom. The predicted octanol–water partition coefficient (Wildman–Crippen LogP) is 11.1. The Morgan fingerprint density at radius 3 is 1.47 bits per heavy atom. The van der Waals surface area contributed by atoms with Gasteiger partial charge in [0, 0.05) is 35.2 Å². The molecule has 0 radical (unpaired) electrons. The fraction of sp³-hybridized carbons (Fsp3) is 0.172. The number of hydrogen-bond donors (Lipinski definition) is 0. The average Bonchev–Trinajstić information content (AvgIpc) is 3.28. The molecular formula is C29H25Br4N. The van der Waals surface area contributed by atoms with E-state index in [9.17, 15) is 0 Å². The highest BCUT2D eigenvalue weighted by atomic mass is 79.9. The monoisotopic (exact) mass is 703 g/mol. The molecule has 1 aromatic heterocycles. The lowest BCUT2D eigenvalue weighted by Crippen LogP contribution is -1.95. The van der Waals surface area contributed by atoms with Crippen LogP contribution in [-0.4, -0.2) is 4.57 Å². The molecule has 0 unspecified atom stereocenters. The van der Waals surface area contributed by atoms with E-state index in [-0.39, 0.29) is 7.43 Å². The van der Waals surface area contributed by atoms with Gasteiger partial charge in [-0.05, 0) is 83.6 Å². The van der Waals surface area contributed by atoms with Crippen molar-refractivity contribution in [3.05, 3.63) is 102 Å². The molecule has 0 fully saturated rings. The Hall–Kier alpha value is -1.40. The Balaban J connectivity index is 0.000000159. The third kappa shape index (κ3) is 4.95. The highest BCUT2D eigenvalue weighted by Gasteiger charge is 2.18. The lowest BCUT2D eigenvalue weighted by atomic mass is 10.1. The predicted molar refractivity (Wildman–Crippen MR) is 162 cm³/mol. The molecule has 1 aliphatic carbocycles. The van der Waals surface area contributed by atoms with Crippen LogP contribution in [0.3, 0.4) is 0 Å². The Morgan fingerprint density at radius 1 is 0.618 bits per heavy atom. The zero-order valence-electron chi connectivity index (χ0n) is 18.0. The van der Waals surface area contributed by atoms with Crippen molar-refractivity contribution >= 4 is 85.5 Å². The summed E-state index contributed by atoms with van der Waals surface area (Å²) < 4.78 is 6.99. The molecule has 1 nitrogen and oxygen atoms in total. The number of nitrogens with zero attached hydrogens (tertiary/aromatic N) is 1. The van der Waals surface area contributed by atoms with E-state index in [1.165, 1.54) is 44.1 Å². The van der Waals surface area contributed by atoms with Crippen LogP contribution in [0.15, 0.2) is 90.7 Å². The molecule has 0 saturated carbocycles. The van der Waals surface area contributed by atoms with Crippen molar-refractivity contribution in [3.8, 4) is 11.1 Å². The number of aryl methyl sites for hydroxylation is 1. The van der Waals surface area contributed by atoms with Crippen LogP contribution in [0.2, 0.25) is 0 Å². The minimum absolute atomic E-state index is 0. The summed E-state index contributed by atoms with van der Waals surface area (Å²) in [4.78, 5) is 0. The molecule has 4 aromatic carbocycles. The molecule has 0 atom stereocenters. The van der Waals surface area contributed by atoms with Crippen LogP contribution in [0.1, 0.15) is 31.9 Å². The number of benzene rings is 4. The van der Waals surface area contributed by atoms with E-state index in [0.717, 1.165) is 37.3 Å². The van der Waals surface area contributed by atoms with E-state index in [4.69, 9.17) is 0 Å². The topological polar surface area (TPSA) is 4.93 Å². The van der Waals surface area contributed by atoms with E-state index in [1.54, 1.807) is 0 Å². The van der Waals surface area contributed by atoms with Gasteiger partial charge in [0.1, 0.15) is 0 Å². The summed E-state index contributed by atoms with van der Waals surface area (Å²) in [5.41, 5.74) is 8.19. The van der Waals surface area contributed by atoms with Crippen molar-refractivity contribution in [1.82, 2.24) is 4.57 Å². The molecule has 1 heterocycles. The molecule has 1 aliphatic rings. The van der Waals surface area contributed by atoms with Crippen molar-refractivity contribution in [2.24, 2.45) is 0 Å². The average molecular weight is 707 g/mol. The van der Waals surface area contributed by atoms with Gasteiger partial charge in [-0.25, -0.2) is 0 Å². The highest BCUT2D eigenvalue weighted by Crippen LogP contribution is 2.39. The van der Waals surface area contributed by atoms with Crippen molar-refractivity contribution in [1.29, 1.82) is 0 Å². The lowest BCUT2D eigenvalue weighted by Gasteiger charge is -2.05. The number of rotatable bonds is 2. The Bertz CT molecular complexity index is 1390. The zero-order chi connectivity index (χ0) is 23.1. The van der Waals surface area contributed by atoms with Gasteiger partial charge in [0.2, 0.25) is 0 Å². The SMILES string of the molecule is Brc1ccc2c(c1)Cc1cc(Br)ccc1-2.C.CCCn1c2cc(Br)ccc2c2ccc(Br)cc21. The first kappa shape index (κ1) is 25.7. The Labute approximate surface area is 235 Å². The second kappa shape index (κ2) is 10.7. The van der Waals surface area contributed by atoms with Crippen LogP contribution >= 0.6 is 63.7 Å². The fourth-order valence-electron chi connectivity index (χ4n) is 4.65. The molecule has 6 rings (SSSR count). The number of fused-ring (bicyclic) bond motifs is 6. The van der Waals surface area contributed by atoms with E-state index < -0.39 is 0 Å². The van der Waals surface area contributed by atoms with Crippen molar-refractivity contribution < 1.29 is 0 Å². The van der Waals surface area contributed by atoms with Crippen LogP contribution in [-0.2, 0) is 13.0 Å². The van der Waals surface area contributed by atoms with Crippen LogP contribution in [0.5, 0.6) is 0 Å². The summed E-state index contributed by atoms with van der Waals surface area (Å²) in [5, 5.41) is 2.66. The standard InChI is InChI=1S/C15H13Br2N.C13H8Br2.CH4/c1-2-7-18-14-8-10(16)3-5-12(14)13-6-4-11(17)9-15(13)18;14-10-1-3-12-8(6-10)5-9-7-11(15)2-4-13(9)12;/h3-6,8-9H,2,7H2,1H3;1-4,6-7H,5H2;1H4. The largest absolute Gasteiger partial charge is 0.340 e. The minimum atomic E-state index is 0. The molecule has 0 bridgehead atoms. The van der Waals surface area contributed by atoms with E-state index >= 15 is 0 Å². The van der Waals surface area contributed by atoms with Gasteiger partial charge in [0.25, 0.3) is 0 Å². The third-order valence-corrected chi connectivity index (χ3v) is 8.02. The van der Waals surface area contributed by atoms with Crippen molar-refractivity contribution in [2.75, 3.05) is 0 Å². The van der Waals surface area contributed by atoms with Crippen molar-refractivity contribution in [3.63, 3.8) is 0 Å². The lowest BCUT2D eigenvalue weighted by molar-refractivity contribution is 0.724. The molecule has 5 heteroatoms. The molecule has 0 amide bonds. The molecule has 0 N–H and O–H groups in total. The van der Waals surface area contributed by atoms with E-state index in [0.29, 0.717) is 0 Å². The number of hydrogen-bond acceptors (Lipinski definition) is 0. The van der Waals surface area contributed by atoms with Gasteiger partial charge in [-0.2, -0.15) is 0 Å². The summed E-state index contributed by atoms with van der Waals surface area (Å²) in [7, 11) is 0.